The Bertz CT molecular complexity index is 489. The number of likely N-dealkylation sites (tertiary alicyclic amines) is 1. The Balaban J connectivity index is 1.98. The van der Waals surface area contributed by atoms with Crippen molar-refractivity contribution >= 4 is 5.91 Å². The Morgan fingerprint density at radius 1 is 1.36 bits per heavy atom. The van der Waals surface area contributed by atoms with Crippen molar-refractivity contribution in [3.05, 3.63) is 24.3 Å². The minimum absolute atomic E-state index is 0.0122. The number of hydrogen-bond acceptors (Lipinski definition) is 4. The molecule has 1 heterocycles. The van der Waals surface area contributed by atoms with Crippen LogP contribution in [0.1, 0.15) is 26.7 Å². The number of carbonyl (C=O) groups is 1. The van der Waals surface area contributed by atoms with Gasteiger partial charge in [0.2, 0.25) is 0 Å². The molecule has 1 saturated heterocycles. The highest BCUT2D eigenvalue weighted by molar-refractivity contribution is 5.81. The Kier molecular flexibility index (Phi) is 5.66. The van der Waals surface area contributed by atoms with Crippen molar-refractivity contribution in [2.75, 3.05) is 20.2 Å². The molecule has 1 aromatic rings. The lowest BCUT2D eigenvalue weighted by Gasteiger charge is -2.39. The maximum atomic E-state index is 12.6. The summed E-state index contributed by atoms with van der Waals surface area (Å²) in [6.07, 6.45) is 1.48. The van der Waals surface area contributed by atoms with Crippen LogP contribution in [0.3, 0.4) is 0 Å². The largest absolute Gasteiger partial charge is 0.497 e. The summed E-state index contributed by atoms with van der Waals surface area (Å²) in [6, 6.07) is 7.37. The highest BCUT2D eigenvalue weighted by Gasteiger charge is 2.32. The highest BCUT2D eigenvalue weighted by Crippen LogP contribution is 2.24. The molecule has 1 aromatic carbocycles. The Morgan fingerprint density at radius 3 is 2.59 bits per heavy atom. The molecule has 0 saturated carbocycles. The van der Waals surface area contributed by atoms with E-state index in [2.05, 4.69) is 6.92 Å². The summed E-state index contributed by atoms with van der Waals surface area (Å²) in [6.45, 7) is 5.27. The van der Waals surface area contributed by atoms with Crippen molar-refractivity contribution in [2.24, 2.45) is 11.7 Å². The first-order valence-electron chi connectivity index (χ1n) is 7.86. The van der Waals surface area contributed by atoms with E-state index in [1.165, 1.54) is 0 Å². The van der Waals surface area contributed by atoms with Gasteiger partial charge in [0.1, 0.15) is 11.5 Å². The molecule has 1 amide bonds. The predicted octanol–water partition coefficient (Wildman–Crippen LogP) is 2.05. The van der Waals surface area contributed by atoms with Crippen LogP contribution in [0.25, 0.3) is 0 Å². The van der Waals surface area contributed by atoms with E-state index in [1.807, 2.05) is 17.0 Å². The second kappa shape index (κ2) is 7.49. The average molecular weight is 306 g/mol. The third-order valence-corrected chi connectivity index (χ3v) is 4.25. The molecule has 0 spiro atoms. The smallest absolute Gasteiger partial charge is 0.263 e. The molecule has 1 aliphatic rings. The molecule has 122 valence electrons. The summed E-state index contributed by atoms with van der Waals surface area (Å²) in [5, 5.41) is 0. The molecule has 0 aromatic heterocycles. The summed E-state index contributed by atoms with van der Waals surface area (Å²) in [4.78, 5) is 14.5. The number of methoxy groups -OCH3 is 1. The quantitative estimate of drug-likeness (QED) is 0.904. The molecule has 0 radical (unpaired) electrons. The van der Waals surface area contributed by atoms with Gasteiger partial charge in [-0.05, 0) is 49.9 Å². The maximum Gasteiger partial charge on any atom is 0.263 e. The van der Waals surface area contributed by atoms with E-state index >= 15 is 0 Å². The number of benzene rings is 1. The summed E-state index contributed by atoms with van der Waals surface area (Å²) in [5.74, 6) is 2.06. The van der Waals surface area contributed by atoms with Crippen LogP contribution in [-0.2, 0) is 4.79 Å². The molecular formula is C17H26N2O3. The van der Waals surface area contributed by atoms with Crippen molar-refractivity contribution in [3.8, 4) is 11.5 Å². The van der Waals surface area contributed by atoms with Gasteiger partial charge in [0, 0.05) is 19.1 Å². The van der Waals surface area contributed by atoms with Crippen molar-refractivity contribution < 1.29 is 14.3 Å². The normalized spacial score (nSPS) is 23.0. The monoisotopic (exact) mass is 306 g/mol. The summed E-state index contributed by atoms with van der Waals surface area (Å²) in [7, 11) is 1.62. The van der Waals surface area contributed by atoms with Crippen LogP contribution in [0.15, 0.2) is 24.3 Å². The van der Waals surface area contributed by atoms with Crippen LogP contribution in [0.5, 0.6) is 11.5 Å². The lowest BCUT2D eigenvalue weighted by molar-refractivity contribution is -0.142. The molecule has 0 bridgehead atoms. The number of ether oxygens (including phenoxy) is 2. The number of nitrogens with zero attached hydrogens (tertiary/aromatic N) is 1. The first-order valence-corrected chi connectivity index (χ1v) is 7.86. The van der Waals surface area contributed by atoms with Crippen LogP contribution in [-0.4, -0.2) is 43.2 Å². The summed E-state index contributed by atoms with van der Waals surface area (Å²) >= 11 is 0. The van der Waals surface area contributed by atoms with Gasteiger partial charge in [-0.2, -0.15) is 0 Å². The van der Waals surface area contributed by atoms with Gasteiger partial charge in [0.15, 0.2) is 6.10 Å². The zero-order valence-electron chi connectivity index (χ0n) is 13.6. The third kappa shape index (κ3) is 3.91. The van der Waals surface area contributed by atoms with Crippen LogP contribution in [0, 0.1) is 5.92 Å². The van der Waals surface area contributed by atoms with Crippen molar-refractivity contribution in [1.29, 1.82) is 0 Å². The van der Waals surface area contributed by atoms with Gasteiger partial charge in [-0.1, -0.05) is 6.92 Å². The lowest BCUT2D eigenvalue weighted by Crippen LogP contribution is -2.52. The number of amides is 1. The minimum atomic E-state index is -0.518. The second-order valence-electron chi connectivity index (χ2n) is 5.99. The fourth-order valence-electron chi connectivity index (χ4n) is 2.91. The van der Waals surface area contributed by atoms with E-state index in [0.717, 1.165) is 25.1 Å². The molecular weight excluding hydrogens is 280 g/mol. The Morgan fingerprint density at radius 2 is 2.00 bits per heavy atom. The molecule has 0 aliphatic carbocycles. The number of hydrogen-bond donors (Lipinski definition) is 1. The summed E-state index contributed by atoms with van der Waals surface area (Å²) in [5.41, 5.74) is 5.83. The molecule has 1 aliphatic heterocycles. The first kappa shape index (κ1) is 16.6. The van der Waals surface area contributed by atoms with Crippen LogP contribution in [0.2, 0.25) is 0 Å². The molecule has 3 unspecified atom stereocenters. The van der Waals surface area contributed by atoms with Crippen LogP contribution < -0.4 is 15.2 Å². The van der Waals surface area contributed by atoms with Crippen molar-refractivity contribution in [3.63, 3.8) is 0 Å². The lowest BCUT2D eigenvalue weighted by atomic mass is 9.92. The number of nitrogens with two attached hydrogens (primary N) is 1. The van der Waals surface area contributed by atoms with Gasteiger partial charge in [0.25, 0.3) is 5.91 Å². The zero-order valence-corrected chi connectivity index (χ0v) is 13.6. The van der Waals surface area contributed by atoms with E-state index in [4.69, 9.17) is 15.2 Å². The fraction of sp³-hybridized carbons (Fsp3) is 0.588. The zero-order chi connectivity index (χ0) is 16.1. The Hall–Kier alpha value is -1.75. The average Bonchev–Trinajstić information content (AvgIpc) is 2.54. The second-order valence-corrected chi connectivity index (χ2v) is 5.99. The topological polar surface area (TPSA) is 64.8 Å². The molecule has 5 heteroatoms. The molecule has 2 rings (SSSR count). The van der Waals surface area contributed by atoms with Gasteiger partial charge in [-0.25, -0.2) is 0 Å². The van der Waals surface area contributed by atoms with Gasteiger partial charge in [-0.3, -0.25) is 4.79 Å². The molecule has 3 atom stereocenters. The van der Waals surface area contributed by atoms with E-state index in [9.17, 15) is 4.79 Å². The number of carbonyl (C=O) groups excluding carboxylic acids is 1. The predicted molar refractivity (Wildman–Crippen MR) is 86.0 cm³/mol. The maximum absolute atomic E-state index is 12.6. The van der Waals surface area contributed by atoms with E-state index < -0.39 is 6.10 Å². The van der Waals surface area contributed by atoms with Crippen LogP contribution >= 0.6 is 0 Å². The standard InChI is InChI=1S/C17H26N2O3/c1-12-8-9-19(14(10-12)11-18)17(20)13(2)22-16-6-4-15(21-3)5-7-16/h4-7,12-14H,8-11,18H2,1-3H3. The van der Waals surface area contributed by atoms with E-state index in [-0.39, 0.29) is 11.9 Å². The molecule has 5 nitrogen and oxygen atoms in total. The molecule has 22 heavy (non-hydrogen) atoms. The van der Waals surface area contributed by atoms with Crippen molar-refractivity contribution in [2.45, 2.75) is 38.8 Å². The van der Waals surface area contributed by atoms with Crippen molar-refractivity contribution in [1.82, 2.24) is 4.90 Å². The van der Waals surface area contributed by atoms with Gasteiger partial charge < -0.3 is 20.1 Å². The molecule has 1 fully saturated rings. The third-order valence-electron chi connectivity index (χ3n) is 4.25. The molecule has 2 N–H and O–H groups in total. The van der Waals surface area contributed by atoms with Gasteiger partial charge in [-0.15, -0.1) is 0 Å². The first-order chi connectivity index (χ1) is 10.5. The number of rotatable bonds is 5. The van der Waals surface area contributed by atoms with Gasteiger partial charge in [0.05, 0.1) is 7.11 Å². The van der Waals surface area contributed by atoms with Crippen LogP contribution in [0.4, 0.5) is 0 Å². The SMILES string of the molecule is COc1ccc(OC(C)C(=O)N2CCC(C)CC2CN)cc1. The van der Waals surface area contributed by atoms with Gasteiger partial charge >= 0.3 is 0 Å². The van der Waals surface area contributed by atoms with E-state index in [0.29, 0.717) is 18.2 Å². The van der Waals surface area contributed by atoms with E-state index in [1.54, 1.807) is 26.2 Å². The minimum Gasteiger partial charge on any atom is -0.497 e. The number of piperidine rings is 1. The highest BCUT2D eigenvalue weighted by atomic mass is 16.5. The Labute approximate surface area is 132 Å². The fourth-order valence-corrected chi connectivity index (χ4v) is 2.91. The summed E-state index contributed by atoms with van der Waals surface area (Å²) < 4.78 is 10.9.